The van der Waals surface area contributed by atoms with Crippen molar-refractivity contribution >= 4 is 50.1 Å². The fourth-order valence-corrected chi connectivity index (χ4v) is 3.72. The molecule has 0 saturated carbocycles. The van der Waals surface area contributed by atoms with E-state index in [1.165, 1.54) is 12.1 Å². The molecule has 3 N–H and O–H groups in total. The third kappa shape index (κ3) is 4.42. The Kier molecular flexibility index (Phi) is 5.27. The zero-order valence-corrected chi connectivity index (χ0v) is 16.8. The summed E-state index contributed by atoms with van der Waals surface area (Å²) >= 11 is 6.03. The molecule has 0 aliphatic carbocycles. The lowest BCUT2D eigenvalue weighted by Gasteiger charge is -2.09. The van der Waals surface area contributed by atoms with E-state index in [-0.39, 0.29) is 10.9 Å². The maximum atomic E-state index is 11.3. The number of halogens is 1. The average molecular weight is 430 g/mol. The largest absolute Gasteiger partial charge is 0.384 e. The van der Waals surface area contributed by atoms with Gasteiger partial charge in [0.25, 0.3) is 0 Å². The highest BCUT2D eigenvalue weighted by molar-refractivity contribution is 7.89. The van der Waals surface area contributed by atoms with Crippen LogP contribution < -0.4 is 10.5 Å². The molecule has 148 valence electrons. The number of aromatic nitrogens is 1. The molecule has 3 aromatic rings. The van der Waals surface area contributed by atoms with E-state index in [9.17, 15) is 8.42 Å². The molecule has 10 heteroatoms. The molecule has 0 spiro atoms. The molecule has 0 amide bonds. The molecular formula is C19H18ClN6O2S+. The first kappa shape index (κ1) is 19.4. The van der Waals surface area contributed by atoms with Crippen LogP contribution in [0.4, 0.5) is 11.4 Å². The van der Waals surface area contributed by atoms with Crippen LogP contribution in [0, 0.1) is 0 Å². The van der Waals surface area contributed by atoms with Crippen molar-refractivity contribution < 1.29 is 13.1 Å². The number of anilines is 1. The first-order valence-electron chi connectivity index (χ1n) is 8.86. The summed E-state index contributed by atoms with van der Waals surface area (Å²) in [6.45, 7) is 0.695. The Morgan fingerprint density at radius 1 is 1.14 bits per heavy atom. The van der Waals surface area contributed by atoms with E-state index in [0.717, 1.165) is 23.0 Å². The van der Waals surface area contributed by atoms with Crippen LogP contribution >= 0.6 is 11.6 Å². The van der Waals surface area contributed by atoms with Crippen molar-refractivity contribution in [3.8, 4) is 0 Å². The van der Waals surface area contributed by atoms with Gasteiger partial charge in [0.15, 0.2) is 5.69 Å². The summed E-state index contributed by atoms with van der Waals surface area (Å²) in [5, 5.41) is 18.6. The van der Waals surface area contributed by atoms with Gasteiger partial charge in [-0.3, -0.25) is 4.98 Å². The van der Waals surface area contributed by atoms with Crippen LogP contribution in [0.2, 0.25) is 5.02 Å². The fraction of sp³-hybridized carbons (Fsp3) is 0.158. The quantitative estimate of drug-likeness (QED) is 0.583. The molecule has 0 saturated heterocycles. The Morgan fingerprint density at radius 3 is 2.69 bits per heavy atom. The lowest BCUT2D eigenvalue weighted by Crippen LogP contribution is -2.13. The van der Waals surface area contributed by atoms with Gasteiger partial charge in [-0.2, -0.15) is 0 Å². The number of nitrogens with zero attached hydrogens (tertiary/aromatic N) is 4. The Hall–Kier alpha value is -2.88. The van der Waals surface area contributed by atoms with Gasteiger partial charge in [-0.15, -0.1) is 4.68 Å². The summed E-state index contributed by atoms with van der Waals surface area (Å²) in [5.41, 5.74) is 2.54. The average Bonchev–Trinajstić information content (AvgIpc) is 3.16. The number of hydrogen-bond donors (Lipinski definition) is 2. The Balaban J connectivity index is 1.40. The number of sulfonamides is 1. The van der Waals surface area contributed by atoms with Crippen molar-refractivity contribution in [2.45, 2.75) is 17.4 Å². The predicted molar refractivity (Wildman–Crippen MR) is 112 cm³/mol. The molecular weight excluding hydrogens is 412 g/mol. The zero-order chi connectivity index (χ0) is 20.4. The van der Waals surface area contributed by atoms with Crippen molar-refractivity contribution in [2.75, 3.05) is 11.9 Å². The molecule has 1 aliphatic heterocycles. The zero-order valence-electron chi connectivity index (χ0n) is 15.2. The second-order valence-electron chi connectivity index (χ2n) is 6.54. The molecule has 8 nitrogen and oxygen atoms in total. The Morgan fingerprint density at radius 2 is 1.93 bits per heavy atom. The first-order chi connectivity index (χ1) is 13.9. The van der Waals surface area contributed by atoms with Gasteiger partial charge in [0.1, 0.15) is 11.4 Å². The highest BCUT2D eigenvalue weighted by atomic mass is 35.5. The molecule has 1 unspecified atom stereocenters. The van der Waals surface area contributed by atoms with Crippen molar-refractivity contribution in [1.82, 2.24) is 4.98 Å². The smallest absolute Gasteiger partial charge is 0.238 e. The summed E-state index contributed by atoms with van der Waals surface area (Å²) in [5.74, 6) is 0. The number of rotatable bonds is 6. The van der Waals surface area contributed by atoms with Crippen LogP contribution in [-0.2, 0) is 10.0 Å². The Bertz CT molecular complexity index is 1230. The third-order valence-electron chi connectivity index (χ3n) is 4.50. The van der Waals surface area contributed by atoms with Crippen LogP contribution in [0.25, 0.3) is 10.9 Å². The number of nitrogens with one attached hydrogen (secondary N) is 1. The van der Waals surface area contributed by atoms with Gasteiger partial charge in [0, 0.05) is 40.4 Å². The van der Waals surface area contributed by atoms with E-state index in [1.807, 2.05) is 30.5 Å². The summed E-state index contributed by atoms with van der Waals surface area (Å²) in [7, 11) is -3.71. The van der Waals surface area contributed by atoms with Gasteiger partial charge in [-0.1, -0.05) is 11.6 Å². The maximum absolute atomic E-state index is 11.3. The van der Waals surface area contributed by atoms with Crippen LogP contribution in [0.5, 0.6) is 0 Å². The van der Waals surface area contributed by atoms with Gasteiger partial charge in [-0.25, -0.2) is 13.6 Å². The molecule has 29 heavy (non-hydrogen) atoms. The fourth-order valence-electron chi connectivity index (χ4n) is 3.03. The summed E-state index contributed by atoms with van der Waals surface area (Å²) in [6, 6.07) is 13.6. The number of primary sulfonamides is 1. The van der Waals surface area contributed by atoms with Crippen LogP contribution in [0.1, 0.15) is 6.42 Å². The highest BCUT2D eigenvalue weighted by Crippen LogP contribution is 2.24. The van der Waals surface area contributed by atoms with Gasteiger partial charge >= 0.3 is 0 Å². The number of pyridine rings is 1. The van der Waals surface area contributed by atoms with E-state index in [2.05, 4.69) is 20.6 Å². The monoisotopic (exact) mass is 429 g/mol. The van der Waals surface area contributed by atoms with Crippen LogP contribution in [0.15, 0.2) is 70.0 Å². The first-order valence-corrected chi connectivity index (χ1v) is 10.8. The minimum Gasteiger partial charge on any atom is -0.384 e. The molecule has 1 aliphatic rings. The van der Waals surface area contributed by atoms with Crippen molar-refractivity contribution in [3.05, 3.63) is 59.8 Å². The number of hydrogen-bond acceptors (Lipinski definition) is 6. The molecule has 0 radical (unpaired) electrons. The second kappa shape index (κ2) is 7.86. The molecule has 1 aromatic heterocycles. The molecule has 1 atom stereocenters. The van der Waals surface area contributed by atoms with E-state index >= 15 is 0 Å². The molecule has 2 aromatic carbocycles. The van der Waals surface area contributed by atoms with E-state index in [1.54, 1.807) is 23.0 Å². The second-order valence-corrected chi connectivity index (χ2v) is 8.54. The van der Waals surface area contributed by atoms with E-state index in [4.69, 9.17) is 16.7 Å². The number of fused-ring (bicyclic) bond motifs is 1. The maximum Gasteiger partial charge on any atom is 0.238 e. The molecule has 2 heterocycles. The SMILES string of the molecule is NS(=O)(=O)c1ccc([N+]2=CC(CCNc3ccnc4cc(Cl)ccc34)N=N2)cc1. The van der Waals surface area contributed by atoms with Crippen LogP contribution in [-0.4, -0.2) is 36.9 Å². The normalized spacial score (nSPS) is 16.2. The molecule has 0 bridgehead atoms. The number of nitrogens with two attached hydrogens (primary N) is 1. The van der Waals surface area contributed by atoms with Crippen molar-refractivity contribution in [2.24, 2.45) is 15.5 Å². The predicted octanol–water partition coefficient (Wildman–Crippen LogP) is 3.50. The topological polar surface area (TPSA) is 113 Å². The van der Waals surface area contributed by atoms with E-state index in [0.29, 0.717) is 17.3 Å². The molecule has 0 fully saturated rings. The minimum absolute atomic E-state index is 0.0593. The van der Waals surface area contributed by atoms with Crippen molar-refractivity contribution in [1.29, 1.82) is 0 Å². The summed E-state index contributed by atoms with van der Waals surface area (Å²) in [6.07, 6.45) is 4.38. The summed E-state index contributed by atoms with van der Waals surface area (Å²) < 4.78 is 24.3. The van der Waals surface area contributed by atoms with Gasteiger partial charge in [0.05, 0.1) is 10.4 Å². The van der Waals surface area contributed by atoms with Crippen LogP contribution in [0.3, 0.4) is 0 Å². The lowest BCUT2D eigenvalue weighted by molar-refractivity contribution is -0.444. The third-order valence-corrected chi connectivity index (χ3v) is 5.66. The van der Waals surface area contributed by atoms with Gasteiger partial charge in [0.2, 0.25) is 16.1 Å². The number of benzene rings is 2. The standard InChI is InChI=1S/C19H18ClN6O2S/c20-13-1-6-17-18(8-10-23-19(17)11-13)22-9-7-14-12-26(25-24-14)15-2-4-16(5-3-15)29(21,27)28/h1-6,8,10-12,14H,7,9H2,(H,22,23)(H2,21,27,28)/q+1. The van der Waals surface area contributed by atoms with E-state index < -0.39 is 10.0 Å². The van der Waals surface area contributed by atoms with Gasteiger partial charge in [-0.05, 0) is 48.5 Å². The molecule has 4 rings (SSSR count). The summed E-state index contributed by atoms with van der Waals surface area (Å²) in [4.78, 5) is 4.40. The minimum atomic E-state index is -3.71. The Labute approximate surface area is 172 Å². The van der Waals surface area contributed by atoms with Crippen molar-refractivity contribution in [3.63, 3.8) is 0 Å². The lowest BCUT2D eigenvalue weighted by atomic mass is 10.1. The van der Waals surface area contributed by atoms with Gasteiger partial charge < -0.3 is 5.32 Å². The highest BCUT2D eigenvalue weighted by Gasteiger charge is 2.23.